The van der Waals surface area contributed by atoms with Crippen LogP contribution in [0.1, 0.15) is 49.8 Å². The van der Waals surface area contributed by atoms with E-state index in [1.165, 1.54) is 29.5 Å². The highest BCUT2D eigenvalue weighted by molar-refractivity contribution is 5.85. The van der Waals surface area contributed by atoms with Crippen molar-refractivity contribution >= 4 is 18.3 Å². The SMILES string of the molecule is Cc1ccc(CC(C)NC(=O)CC(C)C2CCNCC2)c(C)c1.Cl. The zero-order valence-corrected chi connectivity index (χ0v) is 16.3. The molecule has 24 heavy (non-hydrogen) atoms. The molecule has 2 atom stereocenters. The van der Waals surface area contributed by atoms with Crippen molar-refractivity contribution in [1.29, 1.82) is 0 Å². The molecule has 3 nitrogen and oxygen atoms in total. The van der Waals surface area contributed by atoms with Crippen LogP contribution in [-0.2, 0) is 11.2 Å². The quantitative estimate of drug-likeness (QED) is 0.817. The van der Waals surface area contributed by atoms with Gasteiger partial charge in [-0.2, -0.15) is 0 Å². The topological polar surface area (TPSA) is 41.1 Å². The van der Waals surface area contributed by atoms with Gasteiger partial charge in [-0.15, -0.1) is 12.4 Å². The normalized spacial score (nSPS) is 17.7. The van der Waals surface area contributed by atoms with Crippen LogP contribution >= 0.6 is 12.4 Å². The number of amides is 1. The molecule has 1 saturated heterocycles. The van der Waals surface area contributed by atoms with Crippen LogP contribution in [0.5, 0.6) is 0 Å². The summed E-state index contributed by atoms with van der Waals surface area (Å²) < 4.78 is 0. The Morgan fingerprint density at radius 1 is 1.25 bits per heavy atom. The number of hydrogen-bond acceptors (Lipinski definition) is 2. The Morgan fingerprint density at radius 2 is 1.92 bits per heavy atom. The second-order valence-corrected chi connectivity index (χ2v) is 7.37. The molecule has 2 rings (SSSR count). The van der Waals surface area contributed by atoms with Crippen LogP contribution in [0.4, 0.5) is 0 Å². The van der Waals surface area contributed by atoms with Gasteiger partial charge < -0.3 is 10.6 Å². The Hall–Kier alpha value is -1.06. The Kier molecular flexibility index (Phi) is 8.79. The fourth-order valence-corrected chi connectivity index (χ4v) is 3.66. The molecule has 2 unspecified atom stereocenters. The van der Waals surface area contributed by atoms with Gasteiger partial charge in [0.25, 0.3) is 0 Å². The molecule has 0 spiro atoms. The van der Waals surface area contributed by atoms with Crippen molar-refractivity contribution in [2.45, 2.75) is 59.4 Å². The molecule has 1 aliphatic rings. The fraction of sp³-hybridized carbons (Fsp3) is 0.650. The zero-order valence-electron chi connectivity index (χ0n) is 15.5. The Bertz CT molecular complexity index is 526. The van der Waals surface area contributed by atoms with Crippen molar-refractivity contribution in [1.82, 2.24) is 10.6 Å². The second-order valence-electron chi connectivity index (χ2n) is 7.37. The standard InChI is InChI=1S/C20H32N2O.ClH/c1-14-5-6-19(15(2)11-14)13-17(4)22-20(23)12-16(3)18-7-9-21-10-8-18;/h5-6,11,16-18,21H,7-10,12-13H2,1-4H3,(H,22,23);1H. The van der Waals surface area contributed by atoms with Gasteiger partial charge in [0, 0.05) is 12.5 Å². The molecule has 1 aromatic rings. The third-order valence-electron chi connectivity index (χ3n) is 5.13. The Labute approximate surface area is 153 Å². The summed E-state index contributed by atoms with van der Waals surface area (Å²) >= 11 is 0. The second kappa shape index (κ2) is 10.0. The van der Waals surface area contributed by atoms with Crippen LogP contribution < -0.4 is 10.6 Å². The van der Waals surface area contributed by atoms with E-state index in [1.54, 1.807) is 0 Å². The fourth-order valence-electron chi connectivity index (χ4n) is 3.66. The van der Waals surface area contributed by atoms with Gasteiger partial charge in [0.15, 0.2) is 0 Å². The maximum atomic E-state index is 12.3. The Balaban J connectivity index is 0.00000288. The van der Waals surface area contributed by atoms with E-state index in [-0.39, 0.29) is 24.4 Å². The van der Waals surface area contributed by atoms with Gasteiger partial charge in [-0.1, -0.05) is 30.7 Å². The van der Waals surface area contributed by atoms with Gasteiger partial charge in [0.05, 0.1) is 0 Å². The summed E-state index contributed by atoms with van der Waals surface area (Å²) in [5, 5.41) is 6.58. The number of piperidine rings is 1. The first-order valence-corrected chi connectivity index (χ1v) is 9.02. The molecular formula is C20H33ClN2O. The van der Waals surface area contributed by atoms with Gasteiger partial charge >= 0.3 is 0 Å². The molecule has 136 valence electrons. The lowest BCUT2D eigenvalue weighted by Gasteiger charge is -2.28. The molecule has 0 aromatic heterocycles. The molecule has 0 aliphatic carbocycles. The van der Waals surface area contributed by atoms with E-state index < -0.39 is 0 Å². The number of rotatable bonds is 6. The number of aryl methyl sites for hydroxylation is 2. The summed E-state index contributed by atoms with van der Waals surface area (Å²) in [5.74, 6) is 1.37. The minimum absolute atomic E-state index is 0. The van der Waals surface area contributed by atoms with Gasteiger partial charge in [-0.05, 0) is 76.1 Å². The predicted molar refractivity (Wildman–Crippen MR) is 104 cm³/mol. The lowest BCUT2D eigenvalue weighted by Crippen LogP contribution is -2.37. The van der Waals surface area contributed by atoms with Crippen LogP contribution in [0.2, 0.25) is 0 Å². The Morgan fingerprint density at radius 3 is 2.54 bits per heavy atom. The van der Waals surface area contributed by atoms with Crippen molar-refractivity contribution in [3.05, 3.63) is 34.9 Å². The highest BCUT2D eigenvalue weighted by Gasteiger charge is 2.22. The van der Waals surface area contributed by atoms with Crippen LogP contribution in [0.3, 0.4) is 0 Å². The van der Waals surface area contributed by atoms with E-state index in [1.807, 2.05) is 0 Å². The van der Waals surface area contributed by atoms with Crippen molar-refractivity contribution in [2.24, 2.45) is 11.8 Å². The van der Waals surface area contributed by atoms with Crippen LogP contribution in [-0.4, -0.2) is 25.0 Å². The average molecular weight is 353 g/mol. The summed E-state index contributed by atoms with van der Waals surface area (Å²) in [6.07, 6.45) is 3.96. The summed E-state index contributed by atoms with van der Waals surface area (Å²) in [6, 6.07) is 6.73. The maximum Gasteiger partial charge on any atom is 0.220 e. The van der Waals surface area contributed by atoms with Crippen molar-refractivity contribution in [3.63, 3.8) is 0 Å². The number of benzene rings is 1. The molecular weight excluding hydrogens is 320 g/mol. The molecule has 2 N–H and O–H groups in total. The number of carbonyl (C=O) groups excluding carboxylic acids is 1. The lowest BCUT2D eigenvalue weighted by atomic mass is 9.84. The molecule has 1 fully saturated rings. The van der Waals surface area contributed by atoms with E-state index in [4.69, 9.17) is 0 Å². The first-order valence-electron chi connectivity index (χ1n) is 9.02. The van der Waals surface area contributed by atoms with Gasteiger partial charge in [0.1, 0.15) is 0 Å². The van der Waals surface area contributed by atoms with E-state index in [0.29, 0.717) is 18.3 Å². The largest absolute Gasteiger partial charge is 0.353 e. The molecule has 1 heterocycles. The molecule has 0 radical (unpaired) electrons. The molecule has 0 saturated carbocycles. The first-order chi connectivity index (χ1) is 11.0. The molecule has 0 bridgehead atoms. The lowest BCUT2D eigenvalue weighted by molar-refractivity contribution is -0.122. The van der Waals surface area contributed by atoms with Crippen molar-refractivity contribution in [2.75, 3.05) is 13.1 Å². The summed E-state index contributed by atoms with van der Waals surface area (Å²) in [5.41, 5.74) is 3.93. The average Bonchev–Trinajstić information content (AvgIpc) is 2.50. The van der Waals surface area contributed by atoms with Crippen LogP contribution in [0, 0.1) is 25.7 Å². The van der Waals surface area contributed by atoms with Gasteiger partial charge in [0.2, 0.25) is 5.91 Å². The third-order valence-corrected chi connectivity index (χ3v) is 5.13. The van der Waals surface area contributed by atoms with Gasteiger partial charge in [-0.3, -0.25) is 4.79 Å². The zero-order chi connectivity index (χ0) is 16.8. The van der Waals surface area contributed by atoms with Crippen molar-refractivity contribution in [3.8, 4) is 0 Å². The molecule has 1 aliphatic heterocycles. The van der Waals surface area contributed by atoms with E-state index >= 15 is 0 Å². The van der Waals surface area contributed by atoms with Crippen LogP contribution in [0.15, 0.2) is 18.2 Å². The monoisotopic (exact) mass is 352 g/mol. The predicted octanol–water partition coefficient (Wildman–Crippen LogP) is 3.80. The summed E-state index contributed by atoms with van der Waals surface area (Å²) in [6.45, 7) is 10.8. The highest BCUT2D eigenvalue weighted by Crippen LogP contribution is 2.24. The molecule has 1 aromatic carbocycles. The van der Waals surface area contributed by atoms with E-state index in [0.717, 1.165) is 19.5 Å². The van der Waals surface area contributed by atoms with Crippen LogP contribution in [0.25, 0.3) is 0 Å². The minimum atomic E-state index is 0. The maximum absolute atomic E-state index is 12.3. The number of nitrogens with one attached hydrogen (secondary N) is 2. The number of hydrogen-bond donors (Lipinski definition) is 2. The third kappa shape index (κ3) is 6.45. The van der Waals surface area contributed by atoms with Gasteiger partial charge in [-0.25, -0.2) is 0 Å². The highest BCUT2D eigenvalue weighted by atomic mass is 35.5. The summed E-state index contributed by atoms with van der Waals surface area (Å²) in [4.78, 5) is 12.3. The first kappa shape index (κ1) is 21.0. The van der Waals surface area contributed by atoms with Crippen molar-refractivity contribution < 1.29 is 4.79 Å². The summed E-state index contributed by atoms with van der Waals surface area (Å²) in [7, 11) is 0. The minimum Gasteiger partial charge on any atom is -0.353 e. The number of carbonyl (C=O) groups is 1. The molecule has 1 amide bonds. The smallest absolute Gasteiger partial charge is 0.220 e. The van der Waals surface area contributed by atoms with E-state index in [2.05, 4.69) is 56.5 Å². The van der Waals surface area contributed by atoms with E-state index in [9.17, 15) is 4.79 Å². The molecule has 4 heteroatoms. The number of halogens is 1.